The largest absolute Gasteiger partial charge is 0.340 e. The summed E-state index contributed by atoms with van der Waals surface area (Å²) in [6.45, 7) is 3.56. The monoisotopic (exact) mass is 310 g/mol. The number of pyridine rings is 1. The van der Waals surface area contributed by atoms with Crippen molar-refractivity contribution in [2.75, 3.05) is 5.32 Å². The van der Waals surface area contributed by atoms with E-state index in [2.05, 4.69) is 10.3 Å². The standard InChI is InChI=1S/C18H15ClN2O/c1-11-7-8-17-14(9-11)15(19)10-18(21-17)20-16-6-4-3-5-13(16)12(2)22/h3-10H,1-2H3,(H,20,21). The molecule has 3 rings (SSSR count). The summed E-state index contributed by atoms with van der Waals surface area (Å²) in [5.41, 5.74) is 3.31. The average Bonchev–Trinajstić information content (AvgIpc) is 2.48. The van der Waals surface area contributed by atoms with Crippen LogP contribution in [0.2, 0.25) is 5.02 Å². The zero-order valence-corrected chi connectivity index (χ0v) is 13.1. The first-order chi connectivity index (χ1) is 10.5. The first-order valence-corrected chi connectivity index (χ1v) is 7.36. The molecule has 0 saturated carbocycles. The van der Waals surface area contributed by atoms with Crippen LogP contribution in [0.1, 0.15) is 22.8 Å². The first-order valence-electron chi connectivity index (χ1n) is 6.98. The molecule has 22 heavy (non-hydrogen) atoms. The molecule has 0 spiro atoms. The second-order valence-corrected chi connectivity index (χ2v) is 5.64. The molecular formula is C18H15ClN2O. The predicted octanol–water partition coefficient (Wildman–Crippen LogP) is 5.14. The molecule has 0 fully saturated rings. The number of hydrogen-bond donors (Lipinski definition) is 1. The van der Waals surface area contributed by atoms with Crippen molar-refractivity contribution >= 4 is 39.8 Å². The highest BCUT2D eigenvalue weighted by Gasteiger charge is 2.09. The van der Waals surface area contributed by atoms with Crippen LogP contribution in [0.3, 0.4) is 0 Å². The van der Waals surface area contributed by atoms with Crippen LogP contribution in [-0.2, 0) is 0 Å². The van der Waals surface area contributed by atoms with Crippen molar-refractivity contribution in [2.45, 2.75) is 13.8 Å². The van der Waals surface area contributed by atoms with E-state index in [1.54, 1.807) is 19.1 Å². The van der Waals surface area contributed by atoms with Crippen LogP contribution in [0, 0.1) is 6.92 Å². The van der Waals surface area contributed by atoms with Gasteiger partial charge in [0.15, 0.2) is 5.78 Å². The number of carbonyl (C=O) groups is 1. The van der Waals surface area contributed by atoms with E-state index in [1.807, 2.05) is 43.3 Å². The van der Waals surface area contributed by atoms with Gasteiger partial charge in [0, 0.05) is 17.0 Å². The summed E-state index contributed by atoms with van der Waals surface area (Å²) < 4.78 is 0. The lowest BCUT2D eigenvalue weighted by Crippen LogP contribution is -2.01. The number of benzene rings is 2. The summed E-state index contributed by atoms with van der Waals surface area (Å²) in [4.78, 5) is 16.3. The van der Waals surface area contributed by atoms with Crippen molar-refractivity contribution in [1.82, 2.24) is 4.98 Å². The molecule has 0 aliphatic carbocycles. The fourth-order valence-electron chi connectivity index (χ4n) is 2.40. The minimum atomic E-state index is 0.00520. The Hall–Kier alpha value is -2.39. The number of anilines is 2. The van der Waals surface area contributed by atoms with Crippen molar-refractivity contribution in [1.29, 1.82) is 0 Å². The van der Waals surface area contributed by atoms with Gasteiger partial charge in [-0.25, -0.2) is 4.98 Å². The number of halogens is 1. The Labute approximate surface area is 133 Å². The Kier molecular flexibility index (Phi) is 3.82. The second-order valence-electron chi connectivity index (χ2n) is 5.24. The molecule has 3 nitrogen and oxygen atoms in total. The smallest absolute Gasteiger partial charge is 0.161 e. The molecule has 1 N–H and O–H groups in total. The van der Waals surface area contributed by atoms with E-state index >= 15 is 0 Å². The number of fused-ring (bicyclic) bond motifs is 1. The van der Waals surface area contributed by atoms with Gasteiger partial charge in [0.1, 0.15) is 5.82 Å². The molecule has 0 radical (unpaired) electrons. The Morgan fingerprint density at radius 2 is 1.91 bits per heavy atom. The maximum atomic E-state index is 11.7. The minimum Gasteiger partial charge on any atom is -0.340 e. The van der Waals surface area contributed by atoms with Crippen LogP contribution in [0.4, 0.5) is 11.5 Å². The van der Waals surface area contributed by atoms with E-state index in [9.17, 15) is 4.79 Å². The molecule has 0 unspecified atom stereocenters. The zero-order valence-electron chi connectivity index (χ0n) is 12.4. The second kappa shape index (κ2) is 5.78. The highest BCUT2D eigenvalue weighted by Crippen LogP contribution is 2.28. The number of Topliss-reactive ketones (excluding diaryl/α,β-unsaturated/α-hetero) is 1. The maximum Gasteiger partial charge on any atom is 0.161 e. The molecule has 0 bridgehead atoms. The Morgan fingerprint density at radius 3 is 2.68 bits per heavy atom. The number of nitrogens with zero attached hydrogens (tertiary/aromatic N) is 1. The van der Waals surface area contributed by atoms with Crippen LogP contribution >= 0.6 is 11.6 Å². The van der Waals surface area contributed by atoms with Crippen LogP contribution in [0.25, 0.3) is 10.9 Å². The summed E-state index contributed by atoms with van der Waals surface area (Å²) in [5, 5.41) is 4.74. The van der Waals surface area contributed by atoms with Crippen molar-refractivity contribution in [2.24, 2.45) is 0 Å². The van der Waals surface area contributed by atoms with Gasteiger partial charge < -0.3 is 5.32 Å². The Morgan fingerprint density at radius 1 is 1.14 bits per heavy atom. The fraction of sp³-hybridized carbons (Fsp3) is 0.111. The number of aryl methyl sites for hydroxylation is 1. The molecule has 0 amide bonds. The zero-order chi connectivity index (χ0) is 15.7. The lowest BCUT2D eigenvalue weighted by molar-refractivity contribution is 0.101. The Bertz CT molecular complexity index is 874. The van der Waals surface area contributed by atoms with Gasteiger partial charge in [-0.1, -0.05) is 35.4 Å². The number of para-hydroxylation sites is 1. The molecule has 1 heterocycles. The number of aromatic nitrogens is 1. The van der Waals surface area contributed by atoms with Crippen molar-refractivity contribution in [3.63, 3.8) is 0 Å². The summed E-state index contributed by atoms with van der Waals surface area (Å²) >= 11 is 6.36. The maximum absolute atomic E-state index is 11.7. The SMILES string of the molecule is CC(=O)c1ccccc1Nc1cc(Cl)c2cc(C)ccc2n1. The van der Waals surface area contributed by atoms with Crippen LogP contribution in [-0.4, -0.2) is 10.8 Å². The number of nitrogens with one attached hydrogen (secondary N) is 1. The van der Waals surface area contributed by atoms with Gasteiger partial charge in [-0.15, -0.1) is 0 Å². The van der Waals surface area contributed by atoms with Gasteiger partial charge in [-0.3, -0.25) is 4.79 Å². The summed E-state index contributed by atoms with van der Waals surface area (Å²) in [6, 6.07) is 15.1. The molecule has 0 saturated heterocycles. The Balaban J connectivity index is 2.05. The molecule has 4 heteroatoms. The summed E-state index contributed by atoms with van der Waals surface area (Å²) in [7, 11) is 0. The van der Waals surface area contributed by atoms with Gasteiger partial charge in [0.25, 0.3) is 0 Å². The predicted molar refractivity (Wildman–Crippen MR) is 91.2 cm³/mol. The molecular weight excluding hydrogens is 296 g/mol. The number of carbonyl (C=O) groups excluding carboxylic acids is 1. The van der Waals surface area contributed by atoms with Crippen LogP contribution < -0.4 is 5.32 Å². The van der Waals surface area contributed by atoms with Crippen LogP contribution in [0.15, 0.2) is 48.5 Å². The topological polar surface area (TPSA) is 42.0 Å². The quantitative estimate of drug-likeness (QED) is 0.681. The van der Waals surface area contributed by atoms with E-state index in [0.717, 1.165) is 22.2 Å². The van der Waals surface area contributed by atoms with E-state index in [4.69, 9.17) is 11.6 Å². The van der Waals surface area contributed by atoms with Crippen LogP contribution in [0.5, 0.6) is 0 Å². The van der Waals surface area contributed by atoms with Crippen molar-refractivity contribution < 1.29 is 4.79 Å². The van der Waals surface area contributed by atoms with Gasteiger partial charge in [-0.05, 0) is 38.1 Å². The van der Waals surface area contributed by atoms with Gasteiger partial charge >= 0.3 is 0 Å². The third kappa shape index (κ3) is 2.81. The molecule has 1 aromatic heterocycles. The van der Waals surface area contributed by atoms with Crippen molar-refractivity contribution in [3.8, 4) is 0 Å². The lowest BCUT2D eigenvalue weighted by Gasteiger charge is -2.11. The molecule has 0 atom stereocenters. The average molecular weight is 311 g/mol. The van der Waals surface area contributed by atoms with Crippen molar-refractivity contribution in [3.05, 3.63) is 64.7 Å². The number of hydrogen-bond acceptors (Lipinski definition) is 3. The molecule has 2 aromatic carbocycles. The molecule has 0 aliphatic heterocycles. The summed E-state index contributed by atoms with van der Waals surface area (Å²) in [6.07, 6.45) is 0. The number of ketones is 1. The number of rotatable bonds is 3. The third-order valence-corrected chi connectivity index (χ3v) is 3.80. The highest BCUT2D eigenvalue weighted by molar-refractivity contribution is 6.35. The fourth-order valence-corrected chi connectivity index (χ4v) is 2.65. The van der Waals surface area contributed by atoms with E-state index in [-0.39, 0.29) is 5.78 Å². The first kappa shape index (κ1) is 14.5. The third-order valence-electron chi connectivity index (χ3n) is 3.48. The van der Waals surface area contributed by atoms with Gasteiger partial charge in [0.05, 0.1) is 16.2 Å². The lowest BCUT2D eigenvalue weighted by atomic mass is 10.1. The normalized spacial score (nSPS) is 10.7. The van der Waals surface area contributed by atoms with E-state index in [1.165, 1.54) is 0 Å². The van der Waals surface area contributed by atoms with E-state index < -0.39 is 0 Å². The molecule has 0 aliphatic rings. The minimum absolute atomic E-state index is 0.00520. The van der Waals surface area contributed by atoms with Gasteiger partial charge in [0.2, 0.25) is 0 Å². The van der Waals surface area contributed by atoms with E-state index in [0.29, 0.717) is 16.4 Å². The molecule has 3 aromatic rings. The molecule has 110 valence electrons. The van der Waals surface area contributed by atoms with Gasteiger partial charge in [-0.2, -0.15) is 0 Å². The summed E-state index contributed by atoms with van der Waals surface area (Å²) in [5.74, 6) is 0.626. The highest BCUT2D eigenvalue weighted by atomic mass is 35.5.